The van der Waals surface area contributed by atoms with E-state index in [-0.39, 0.29) is 37.5 Å². The smallest absolute Gasteiger partial charge is 0.421 e. The molecule has 0 bridgehead atoms. The summed E-state index contributed by atoms with van der Waals surface area (Å²) in [5.41, 5.74) is 3.00. The van der Waals surface area contributed by atoms with Gasteiger partial charge in [0.15, 0.2) is 5.78 Å². The lowest BCUT2D eigenvalue weighted by atomic mass is 10.1. The van der Waals surface area contributed by atoms with Crippen molar-refractivity contribution in [1.29, 1.82) is 0 Å². The largest absolute Gasteiger partial charge is 0.443 e. The molecule has 3 N–H and O–H groups in total. The first-order valence-electron chi connectivity index (χ1n) is 17.4. The zero-order valence-corrected chi connectivity index (χ0v) is 32.9. The topological polar surface area (TPSA) is 133 Å². The minimum atomic E-state index is -0.638. The number of anilines is 3. The van der Waals surface area contributed by atoms with E-state index in [2.05, 4.69) is 40.8 Å². The number of ether oxygens (including phenoxy) is 1. The second-order valence-electron chi connectivity index (χ2n) is 12.5. The van der Waals surface area contributed by atoms with Gasteiger partial charge in [-0.1, -0.05) is 67.5 Å². The lowest BCUT2D eigenvalue weighted by molar-refractivity contribution is -0.125. The van der Waals surface area contributed by atoms with Crippen LogP contribution in [0.5, 0.6) is 0 Å². The molecule has 1 atom stereocenters. The number of Topliss-reactive ketones (excluding diaryl/α,β-unsaturated/α-hetero) is 1. The fourth-order valence-corrected chi connectivity index (χ4v) is 3.85. The Kier molecular flexibility index (Phi) is 28.0. The number of ketones is 1. The van der Waals surface area contributed by atoms with Crippen LogP contribution in [0.3, 0.4) is 0 Å². The van der Waals surface area contributed by atoms with Gasteiger partial charge in [0.2, 0.25) is 11.8 Å². The van der Waals surface area contributed by atoms with Gasteiger partial charge in [0.1, 0.15) is 11.4 Å². The predicted octanol–water partition coefficient (Wildman–Crippen LogP) is 7.80. The molecule has 0 saturated carbocycles. The molecule has 11 heteroatoms. The summed E-state index contributed by atoms with van der Waals surface area (Å²) in [5, 5.41) is 8.84. The third-order valence-electron chi connectivity index (χ3n) is 6.52. The second kappa shape index (κ2) is 27.8. The lowest BCUT2D eigenvalue weighted by Gasteiger charge is -2.26. The average molecular weight is 703 g/mol. The Labute approximate surface area is 304 Å². The minimum absolute atomic E-state index is 0. The van der Waals surface area contributed by atoms with E-state index in [1.54, 1.807) is 20.8 Å². The number of carbonyl (C=O) groups is 4. The Balaban J connectivity index is -0.000000643. The number of rotatable bonds is 7. The van der Waals surface area contributed by atoms with Crippen molar-refractivity contribution in [1.82, 2.24) is 15.6 Å². The molecule has 0 aliphatic carbocycles. The number of likely N-dealkylation sites (N-methyl/N-ethyl adjacent to an activating group) is 1. The van der Waals surface area contributed by atoms with Gasteiger partial charge in [-0.15, -0.1) is 0 Å². The quantitative estimate of drug-likeness (QED) is 0.247. The molecule has 50 heavy (non-hydrogen) atoms. The molecule has 3 rings (SSSR count). The third-order valence-corrected chi connectivity index (χ3v) is 6.52. The van der Waals surface area contributed by atoms with Crippen molar-refractivity contribution < 1.29 is 23.9 Å². The Morgan fingerprint density at radius 3 is 2.10 bits per heavy atom. The zero-order chi connectivity index (χ0) is 38.2. The van der Waals surface area contributed by atoms with Crippen molar-refractivity contribution in [3.05, 3.63) is 47.7 Å². The molecule has 1 aromatic carbocycles. The summed E-state index contributed by atoms with van der Waals surface area (Å²) in [4.78, 5) is 53.2. The first kappa shape index (κ1) is 50.4. The molecule has 11 nitrogen and oxygen atoms in total. The molecule has 1 unspecified atom stereocenters. The van der Waals surface area contributed by atoms with Gasteiger partial charge < -0.3 is 25.6 Å². The van der Waals surface area contributed by atoms with E-state index in [0.29, 0.717) is 18.5 Å². The van der Waals surface area contributed by atoms with Crippen LogP contribution in [0, 0.1) is 12.8 Å². The first-order chi connectivity index (χ1) is 23.0. The van der Waals surface area contributed by atoms with E-state index in [1.807, 2.05) is 91.1 Å². The van der Waals surface area contributed by atoms with E-state index in [0.717, 1.165) is 47.0 Å². The van der Waals surface area contributed by atoms with Crippen LogP contribution in [-0.4, -0.2) is 75.1 Å². The van der Waals surface area contributed by atoms with Crippen LogP contribution >= 0.6 is 0 Å². The number of benzene rings is 1. The van der Waals surface area contributed by atoms with Crippen molar-refractivity contribution in [2.24, 2.45) is 5.92 Å². The highest BCUT2D eigenvalue weighted by Crippen LogP contribution is 2.24. The van der Waals surface area contributed by atoms with Gasteiger partial charge in [0.25, 0.3) is 0 Å². The SMILES string of the molecule is C.CC.CC1CCC(=O)CNC1=O.CCC.CCc1ccc(C)c(N(C(C)=O)C(=O)OC(C)(C)C)c1.CNCCNc1ccc(N(C)C)cn1. The highest BCUT2D eigenvalue weighted by Gasteiger charge is 2.27. The number of pyridine rings is 1. The molecule has 1 fully saturated rings. The fourth-order valence-electron chi connectivity index (χ4n) is 3.85. The molecule has 1 aromatic heterocycles. The predicted molar refractivity (Wildman–Crippen MR) is 211 cm³/mol. The molecule has 0 spiro atoms. The Hall–Kier alpha value is -3.99. The van der Waals surface area contributed by atoms with Gasteiger partial charge in [0.05, 0.1) is 24.1 Å². The number of aromatic nitrogens is 1. The normalized spacial score (nSPS) is 13.2. The minimum Gasteiger partial charge on any atom is -0.443 e. The number of amides is 3. The third kappa shape index (κ3) is 21.9. The maximum absolute atomic E-state index is 12.2. The van der Waals surface area contributed by atoms with Crippen LogP contribution in [0.15, 0.2) is 36.5 Å². The number of hydrogen-bond donors (Lipinski definition) is 3. The summed E-state index contributed by atoms with van der Waals surface area (Å²) in [5.74, 6) is 0.719. The van der Waals surface area contributed by atoms with E-state index >= 15 is 0 Å². The van der Waals surface area contributed by atoms with Gasteiger partial charge >= 0.3 is 6.09 Å². The number of aryl methyl sites for hydroxylation is 2. The zero-order valence-electron chi connectivity index (χ0n) is 32.9. The lowest BCUT2D eigenvalue weighted by Crippen LogP contribution is -2.40. The number of nitrogens with zero attached hydrogens (tertiary/aromatic N) is 3. The van der Waals surface area contributed by atoms with E-state index in [1.165, 1.54) is 13.3 Å². The maximum Gasteiger partial charge on any atom is 0.421 e. The summed E-state index contributed by atoms with van der Waals surface area (Å²) in [6, 6.07) is 9.81. The molecule has 0 radical (unpaired) electrons. The van der Waals surface area contributed by atoms with Gasteiger partial charge in [-0.05, 0) is 76.9 Å². The van der Waals surface area contributed by atoms with Crippen molar-refractivity contribution in [2.45, 2.75) is 115 Å². The molecule has 3 amide bonds. The summed E-state index contributed by atoms with van der Waals surface area (Å²) >= 11 is 0. The molecule has 1 saturated heterocycles. The first-order valence-corrected chi connectivity index (χ1v) is 17.4. The number of nitrogens with one attached hydrogen (secondary N) is 3. The number of carbonyl (C=O) groups excluding carboxylic acids is 4. The monoisotopic (exact) mass is 703 g/mol. The molecule has 1 aliphatic rings. The van der Waals surface area contributed by atoms with E-state index in [4.69, 9.17) is 4.74 Å². The van der Waals surface area contributed by atoms with Crippen LogP contribution in [-0.2, 0) is 25.5 Å². The Morgan fingerprint density at radius 1 is 1.04 bits per heavy atom. The van der Waals surface area contributed by atoms with Crippen molar-refractivity contribution in [3.8, 4) is 0 Å². The van der Waals surface area contributed by atoms with E-state index in [9.17, 15) is 19.2 Å². The summed E-state index contributed by atoms with van der Waals surface area (Å²) < 4.78 is 5.31. The summed E-state index contributed by atoms with van der Waals surface area (Å²) in [6.07, 6.45) is 4.56. The molecular formula is C39H70N6O5. The van der Waals surface area contributed by atoms with Crippen LogP contribution in [0.25, 0.3) is 0 Å². The van der Waals surface area contributed by atoms with Gasteiger partial charge in [0, 0.05) is 46.4 Å². The van der Waals surface area contributed by atoms with Crippen LogP contribution in [0.1, 0.15) is 107 Å². The highest BCUT2D eigenvalue weighted by molar-refractivity contribution is 6.12. The Morgan fingerprint density at radius 2 is 1.64 bits per heavy atom. The van der Waals surface area contributed by atoms with Crippen LogP contribution in [0.4, 0.5) is 22.0 Å². The summed E-state index contributed by atoms with van der Waals surface area (Å²) in [6.45, 7) is 22.7. The van der Waals surface area contributed by atoms with E-state index < -0.39 is 11.7 Å². The molecule has 2 heterocycles. The molecule has 286 valence electrons. The second-order valence-corrected chi connectivity index (χ2v) is 12.5. The highest BCUT2D eigenvalue weighted by atomic mass is 16.6. The van der Waals surface area contributed by atoms with Crippen molar-refractivity contribution >= 4 is 40.9 Å². The van der Waals surface area contributed by atoms with Crippen molar-refractivity contribution in [3.63, 3.8) is 0 Å². The van der Waals surface area contributed by atoms with Crippen LogP contribution < -0.4 is 25.8 Å². The van der Waals surface area contributed by atoms with Gasteiger partial charge in [-0.25, -0.2) is 14.7 Å². The van der Waals surface area contributed by atoms with Crippen molar-refractivity contribution in [2.75, 3.05) is 55.9 Å². The molecular weight excluding hydrogens is 632 g/mol. The maximum atomic E-state index is 12.2. The standard InChI is InChI=1S/C16H23NO3.C10H18N4.C7H11NO2.C3H8.C2H6.CH4/c1-7-13-9-8-11(2)14(10-13)17(12(3)18)15(19)20-16(4,5)6;1-11-6-7-12-10-5-4-9(8-13-10)14(2)3;1-5-2-3-6(9)4-8-7(5)10;1-3-2;1-2;/h8-10H,7H2,1-6H3;4-5,8,11H,6-7H2,1-3H3,(H,12,13);5H,2-4H2,1H3,(H,8,10);3H2,1-2H3;1-2H3;1H4. The Bertz CT molecular complexity index is 1240. The fraction of sp³-hybridized carbons (Fsp3) is 0.615. The molecule has 1 aliphatic heterocycles. The molecule has 2 aromatic rings. The number of hydrogen-bond acceptors (Lipinski definition) is 9. The van der Waals surface area contributed by atoms with Gasteiger partial charge in [-0.3, -0.25) is 14.4 Å². The average Bonchev–Trinajstić information content (AvgIpc) is 3.19. The summed E-state index contributed by atoms with van der Waals surface area (Å²) in [7, 11) is 5.94. The van der Waals surface area contributed by atoms with Crippen LogP contribution in [0.2, 0.25) is 0 Å². The van der Waals surface area contributed by atoms with Gasteiger partial charge in [-0.2, -0.15) is 0 Å². The number of imide groups is 1.